The zero-order valence-corrected chi connectivity index (χ0v) is 14.8. The zero-order valence-electron chi connectivity index (χ0n) is 14.0. The third kappa shape index (κ3) is 4.99. The van der Waals surface area contributed by atoms with Crippen LogP contribution in [0.25, 0.3) is 0 Å². The molecule has 2 N–H and O–H groups in total. The molecule has 0 aromatic heterocycles. The maximum atomic E-state index is 13.0. The van der Waals surface area contributed by atoms with Crippen LogP contribution >= 0.6 is 0 Å². The third-order valence-corrected chi connectivity index (χ3v) is 5.99. The Hall–Kier alpha value is -2.00. The van der Waals surface area contributed by atoms with E-state index >= 15 is 0 Å². The molecule has 1 fully saturated rings. The number of nitrogens with one attached hydrogen (secondary N) is 2. The van der Waals surface area contributed by atoms with Crippen LogP contribution in [0.15, 0.2) is 29.2 Å². The Morgan fingerprint density at radius 2 is 1.76 bits per heavy atom. The highest BCUT2D eigenvalue weighted by molar-refractivity contribution is 7.89. The van der Waals surface area contributed by atoms with E-state index < -0.39 is 15.8 Å². The Balaban J connectivity index is 1.89. The molecule has 0 atom stereocenters. The predicted molar refractivity (Wildman–Crippen MR) is 89.6 cm³/mol. The first-order chi connectivity index (χ1) is 11.8. The fourth-order valence-electron chi connectivity index (χ4n) is 2.69. The minimum absolute atomic E-state index is 0.0352. The minimum atomic E-state index is -3.69. The molecule has 138 valence electrons. The second kappa shape index (κ2) is 8.39. The second-order valence-electron chi connectivity index (χ2n) is 5.80. The van der Waals surface area contributed by atoms with Crippen LogP contribution in [0.1, 0.15) is 19.8 Å². The van der Waals surface area contributed by atoms with Gasteiger partial charge in [-0.1, -0.05) is 0 Å². The first kappa shape index (κ1) is 19.3. The summed E-state index contributed by atoms with van der Waals surface area (Å²) in [6.45, 7) is 2.62. The molecule has 2 amide bonds. The SMILES string of the molecule is CCNC(=O)CNC(=O)C1CCN(S(=O)(=O)c2ccc(F)cc2)CC1. The van der Waals surface area contributed by atoms with Crippen LogP contribution in [0.4, 0.5) is 4.39 Å². The molecule has 1 aliphatic rings. The molecule has 0 unspecified atom stereocenters. The molecular formula is C16H22FN3O4S. The molecule has 0 radical (unpaired) electrons. The Labute approximate surface area is 146 Å². The number of hydrogen-bond donors (Lipinski definition) is 2. The smallest absolute Gasteiger partial charge is 0.243 e. The lowest BCUT2D eigenvalue weighted by Crippen LogP contribution is -2.45. The highest BCUT2D eigenvalue weighted by Gasteiger charge is 2.32. The van der Waals surface area contributed by atoms with Gasteiger partial charge in [0.15, 0.2) is 0 Å². The zero-order chi connectivity index (χ0) is 18.4. The van der Waals surface area contributed by atoms with Crippen molar-refractivity contribution in [2.45, 2.75) is 24.7 Å². The second-order valence-corrected chi connectivity index (χ2v) is 7.74. The van der Waals surface area contributed by atoms with Gasteiger partial charge in [-0.05, 0) is 44.0 Å². The number of carbonyl (C=O) groups is 2. The normalized spacial score (nSPS) is 16.4. The average Bonchev–Trinajstić information content (AvgIpc) is 2.60. The van der Waals surface area contributed by atoms with Gasteiger partial charge in [0.1, 0.15) is 5.82 Å². The summed E-state index contributed by atoms with van der Waals surface area (Å²) in [6.07, 6.45) is 0.753. The van der Waals surface area contributed by atoms with Gasteiger partial charge < -0.3 is 10.6 Å². The molecule has 0 aliphatic carbocycles. The molecule has 0 spiro atoms. The summed E-state index contributed by atoms with van der Waals surface area (Å²) in [5, 5.41) is 5.15. The van der Waals surface area contributed by atoms with E-state index in [-0.39, 0.29) is 42.3 Å². The number of nitrogens with zero attached hydrogens (tertiary/aromatic N) is 1. The van der Waals surface area contributed by atoms with Gasteiger partial charge in [0.25, 0.3) is 0 Å². The average molecular weight is 371 g/mol. The molecule has 1 saturated heterocycles. The molecule has 0 saturated carbocycles. The summed E-state index contributed by atoms with van der Waals surface area (Å²) in [4.78, 5) is 23.5. The molecule has 1 aliphatic heterocycles. The maximum Gasteiger partial charge on any atom is 0.243 e. The van der Waals surface area contributed by atoms with Gasteiger partial charge in [0.05, 0.1) is 11.4 Å². The van der Waals surface area contributed by atoms with Crippen LogP contribution in [0.5, 0.6) is 0 Å². The van der Waals surface area contributed by atoms with Crippen molar-refractivity contribution in [3.8, 4) is 0 Å². The lowest BCUT2D eigenvalue weighted by atomic mass is 9.97. The molecule has 2 rings (SSSR count). The van der Waals surface area contributed by atoms with Gasteiger partial charge in [-0.25, -0.2) is 12.8 Å². The molecule has 1 aromatic carbocycles. The number of likely N-dealkylation sites (N-methyl/N-ethyl adjacent to an activating group) is 1. The number of hydrogen-bond acceptors (Lipinski definition) is 4. The quantitative estimate of drug-likeness (QED) is 0.760. The summed E-state index contributed by atoms with van der Waals surface area (Å²) in [6, 6.07) is 4.68. The van der Waals surface area contributed by atoms with Crippen molar-refractivity contribution >= 4 is 21.8 Å². The highest BCUT2D eigenvalue weighted by atomic mass is 32.2. The molecule has 0 bridgehead atoms. The Kier molecular flexibility index (Phi) is 6.49. The molecule has 1 heterocycles. The number of amides is 2. The summed E-state index contributed by atoms with van der Waals surface area (Å²) in [5.74, 6) is -1.33. The van der Waals surface area contributed by atoms with Gasteiger partial charge in [-0.2, -0.15) is 4.31 Å². The first-order valence-electron chi connectivity index (χ1n) is 8.14. The van der Waals surface area contributed by atoms with Crippen molar-refractivity contribution in [1.29, 1.82) is 0 Å². The minimum Gasteiger partial charge on any atom is -0.355 e. The number of rotatable bonds is 6. The van der Waals surface area contributed by atoms with Crippen LogP contribution in [0, 0.1) is 11.7 Å². The van der Waals surface area contributed by atoms with Crippen molar-refractivity contribution in [3.05, 3.63) is 30.1 Å². The Morgan fingerprint density at radius 1 is 1.16 bits per heavy atom. The van der Waals surface area contributed by atoms with Crippen molar-refractivity contribution in [2.24, 2.45) is 5.92 Å². The van der Waals surface area contributed by atoms with Gasteiger partial charge in [0.2, 0.25) is 21.8 Å². The standard InChI is InChI=1S/C16H22FN3O4S/c1-2-18-15(21)11-19-16(22)12-7-9-20(10-8-12)25(23,24)14-5-3-13(17)4-6-14/h3-6,12H,2,7-11H2,1H3,(H,18,21)(H,19,22). The highest BCUT2D eigenvalue weighted by Crippen LogP contribution is 2.24. The summed E-state index contributed by atoms with van der Waals surface area (Å²) >= 11 is 0. The van der Waals surface area contributed by atoms with Gasteiger partial charge in [-0.15, -0.1) is 0 Å². The molecule has 25 heavy (non-hydrogen) atoms. The van der Waals surface area contributed by atoms with E-state index in [0.717, 1.165) is 12.1 Å². The van der Waals surface area contributed by atoms with Gasteiger partial charge >= 0.3 is 0 Å². The van der Waals surface area contributed by atoms with E-state index in [2.05, 4.69) is 10.6 Å². The maximum absolute atomic E-state index is 13.0. The van der Waals surface area contributed by atoms with Gasteiger partial charge in [-0.3, -0.25) is 9.59 Å². The topological polar surface area (TPSA) is 95.6 Å². The van der Waals surface area contributed by atoms with Crippen molar-refractivity contribution < 1.29 is 22.4 Å². The summed E-state index contributed by atoms with van der Waals surface area (Å²) in [7, 11) is -3.69. The molecule has 7 nitrogen and oxygen atoms in total. The van der Waals surface area contributed by atoms with Crippen LogP contribution in [-0.2, 0) is 19.6 Å². The summed E-state index contributed by atoms with van der Waals surface area (Å²) < 4.78 is 39.3. The van der Waals surface area contributed by atoms with Crippen molar-refractivity contribution in [3.63, 3.8) is 0 Å². The predicted octanol–water partition coefficient (Wildman–Crippen LogP) is 0.479. The fourth-order valence-corrected chi connectivity index (χ4v) is 4.16. The fraction of sp³-hybridized carbons (Fsp3) is 0.500. The van der Waals surface area contributed by atoms with E-state index in [9.17, 15) is 22.4 Å². The van der Waals surface area contributed by atoms with E-state index in [0.29, 0.717) is 19.4 Å². The number of benzene rings is 1. The number of carbonyl (C=O) groups excluding carboxylic acids is 2. The van der Waals surface area contributed by atoms with E-state index in [4.69, 9.17) is 0 Å². The van der Waals surface area contributed by atoms with Gasteiger partial charge in [0, 0.05) is 25.6 Å². The van der Waals surface area contributed by atoms with Crippen LogP contribution in [0.2, 0.25) is 0 Å². The molecular weight excluding hydrogens is 349 g/mol. The third-order valence-electron chi connectivity index (χ3n) is 4.07. The summed E-state index contributed by atoms with van der Waals surface area (Å²) in [5.41, 5.74) is 0. The van der Waals surface area contributed by atoms with Crippen molar-refractivity contribution in [1.82, 2.24) is 14.9 Å². The van der Waals surface area contributed by atoms with Crippen LogP contribution < -0.4 is 10.6 Å². The van der Waals surface area contributed by atoms with E-state index in [1.54, 1.807) is 6.92 Å². The van der Waals surface area contributed by atoms with Crippen LogP contribution in [0.3, 0.4) is 0 Å². The lowest BCUT2D eigenvalue weighted by Gasteiger charge is -2.30. The lowest BCUT2D eigenvalue weighted by molar-refractivity contribution is -0.129. The number of piperidine rings is 1. The van der Waals surface area contributed by atoms with Crippen molar-refractivity contribution in [2.75, 3.05) is 26.2 Å². The molecule has 9 heteroatoms. The van der Waals surface area contributed by atoms with Crippen LogP contribution in [-0.4, -0.2) is 50.7 Å². The monoisotopic (exact) mass is 371 g/mol. The van der Waals surface area contributed by atoms with E-state index in [1.165, 1.54) is 16.4 Å². The molecule has 1 aromatic rings. The van der Waals surface area contributed by atoms with E-state index in [1.807, 2.05) is 0 Å². The first-order valence-corrected chi connectivity index (χ1v) is 9.58. The largest absolute Gasteiger partial charge is 0.355 e. The Bertz CT molecular complexity index is 713. The Morgan fingerprint density at radius 3 is 2.32 bits per heavy atom. The number of sulfonamides is 1. The number of halogens is 1.